The summed E-state index contributed by atoms with van der Waals surface area (Å²) in [6, 6.07) is 5.91. The lowest BCUT2D eigenvalue weighted by molar-refractivity contribution is -0.134. The van der Waals surface area contributed by atoms with Crippen LogP contribution in [0.2, 0.25) is 0 Å². The van der Waals surface area contributed by atoms with Crippen LogP contribution < -0.4 is 10.6 Å². The van der Waals surface area contributed by atoms with E-state index in [0.29, 0.717) is 19.4 Å². The predicted octanol–water partition coefficient (Wildman–Crippen LogP) is 2.94. The summed E-state index contributed by atoms with van der Waals surface area (Å²) in [5.74, 6) is -0.306. The number of benzene rings is 1. The number of unbranched alkanes of at least 4 members (excludes halogenated alkanes) is 1. The largest absolute Gasteiger partial charge is 0.355 e. The molecule has 2 amide bonds. The Balaban J connectivity index is 2.00. The molecule has 0 radical (unpaired) electrons. The zero-order valence-corrected chi connectivity index (χ0v) is 13.1. The maximum absolute atomic E-state index is 12.4. The first-order valence-corrected chi connectivity index (χ1v) is 7.66. The number of amides is 2. The molecule has 0 unspecified atom stereocenters. The fourth-order valence-corrected chi connectivity index (χ4v) is 2.53. The molecule has 1 aliphatic carbocycles. The van der Waals surface area contributed by atoms with Crippen LogP contribution in [-0.2, 0) is 9.59 Å². The van der Waals surface area contributed by atoms with Crippen molar-refractivity contribution in [2.75, 3.05) is 11.9 Å². The van der Waals surface area contributed by atoms with E-state index in [1.54, 1.807) is 0 Å². The van der Waals surface area contributed by atoms with E-state index >= 15 is 0 Å². The Kier molecular flexibility index (Phi) is 4.66. The number of carbonyl (C=O) groups is 2. The molecule has 0 saturated heterocycles. The summed E-state index contributed by atoms with van der Waals surface area (Å²) in [4.78, 5) is 24.6. The van der Waals surface area contributed by atoms with Crippen LogP contribution in [0.25, 0.3) is 0 Å². The molecule has 1 aromatic rings. The van der Waals surface area contributed by atoms with E-state index in [2.05, 4.69) is 23.6 Å². The summed E-state index contributed by atoms with van der Waals surface area (Å²) in [5, 5.41) is 5.77. The van der Waals surface area contributed by atoms with Crippen molar-refractivity contribution in [2.45, 2.75) is 46.5 Å². The van der Waals surface area contributed by atoms with Gasteiger partial charge in [-0.15, -0.1) is 0 Å². The van der Waals surface area contributed by atoms with Crippen LogP contribution in [0.1, 0.15) is 43.7 Å². The van der Waals surface area contributed by atoms with Crippen LogP contribution in [0.5, 0.6) is 0 Å². The minimum atomic E-state index is -0.842. The SMILES string of the molecule is CCCCNC(=O)C1(C(=O)Nc2cc(C)cc(C)c2)CC1. The standard InChI is InChI=1S/C17H24N2O2/c1-4-5-8-18-15(20)17(6-7-17)16(21)19-14-10-12(2)9-13(3)11-14/h9-11H,4-8H2,1-3H3,(H,18,20)(H,19,21). The van der Waals surface area contributed by atoms with Gasteiger partial charge in [0.25, 0.3) is 0 Å². The molecule has 2 N–H and O–H groups in total. The van der Waals surface area contributed by atoms with Gasteiger partial charge in [0.05, 0.1) is 0 Å². The van der Waals surface area contributed by atoms with E-state index < -0.39 is 5.41 Å². The lowest BCUT2D eigenvalue weighted by atomic mass is 10.0. The molecular weight excluding hydrogens is 264 g/mol. The molecule has 2 rings (SSSR count). The predicted molar refractivity (Wildman–Crippen MR) is 84.1 cm³/mol. The lowest BCUT2D eigenvalue weighted by Gasteiger charge is -2.16. The van der Waals surface area contributed by atoms with Gasteiger partial charge in [-0.05, 0) is 56.4 Å². The fraction of sp³-hybridized carbons (Fsp3) is 0.529. The van der Waals surface area contributed by atoms with Crippen LogP contribution in [0.15, 0.2) is 18.2 Å². The van der Waals surface area contributed by atoms with Gasteiger partial charge >= 0.3 is 0 Å². The highest BCUT2D eigenvalue weighted by Crippen LogP contribution is 2.46. The highest BCUT2D eigenvalue weighted by atomic mass is 16.2. The normalized spacial score (nSPS) is 15.4. The Labute approximate surface area is 126 Å². The zero-order valence-electron chi connectivity index (χ0n) is 13.1. The van der Waals surface area contributed by atoms with Crippen molar-refractivity contribution in [2.24, 2.45) is 5.41 Å². The van der Waals surface area contributed by atoms with Gasteiger partial charge in [0.2, 0.25) is 11.8 Å². The van der Waals surface area contributed by atoms with Gasteiger partial charge in [-0.25, -0.2) is 0 Å². The summed E-state index contributed by atoms with van der Waals surface area (Å²) in [5.41, 5.74) is 2.13. The van der Waals surface area contributed by atoms with Gasteiger partial charge in [0.1, 0.15) is 5.41 Å². The van der Waals surface area contributed by atoms with Crippen LogP contribution in [0.4, 0.5) is 5.69 Å². The monoisotopic (exact) mass is 288 g/mol. The van der Waals surface area contributed by atoms with Gasteiger partial charge in [-0.2, -0.15) is 0 Å². The topological polar surface area (TPSA) is 58.2 Å². The molecule has 114 valence electrons. The molecule has 0 bridgehead atoms. The van der Waals surface area contributed by atoms with E-state index in [4.69, 9.17) is 0 Å². The molecule has 1 saturated carbocycles. The van der Waals surface area contributed by atoms with Crippen molar-refractivity contribution in [1.29, 1.82) is 0 Å². The number of rotatable bonds is 6. The summed E-state index contributed by atoms with van der Waals surface area (Å²) in [7, 11) is 0. The van der Waals surface area contributed by atoms with Crippen molar-refractivity contribution in [3.8, 4) is 0 Å². The number of aryl methyl sites for hydroxylation is 2. The summed E-state index contributed by atoms with van der Waals surface area (Å²) >= 11 is 0. The molecule has 0 aliphatic heterocycles. The highest BCUT2D eigenvalue weighted by molar-refractivity contribution is 6.13. The second-order valence-corrected chi connectivity index (χ2v) is 6.02. The van der Waals surface area contributed by atoms with Gasteiger partial charge < -0.3 is 10.6 Å². The van der Waals surface area contributed by atoms with Gasteiger partial charge in [-0.3, -0.25) is 9.59 Å². The van der Waals surface area contributed by atoms with Crippen LogP contribution >= 0.6 is 0 Å². The van der Waals surface area contributed by atoms with E-state index in [1.165, 1.54) is 0 Å². The smallest absolute Gasteiger partial charge is 0.240 e. The van der Waals surface area contributed by atoms with Crippen LogP contribution in [0, 0.1) is 19.3 Å². The Morgan fingerprint density at radius 1 is 1.10 bits per heavy atom. The molecule has 0 spiro atoms. The second kappa shape index (κ2) is 6.29. The summed E-state index contributed by atoms with van der Waals surface area (Å²) in [6.45, 7) is 6.71. The molecule has 1 aliphatic rings. The Morgan fingerprint density at radius 2 is 1.71 bits per heavy atom. The fourth-order valence-electron chi connectivity index (χ4n) is 2.53. The van der Waals surface area contributed by atoms with E-state index in [1.807, 2.05) is 26.0 Å². The Hall–Kier alpha value is -1.84. The number of hydrogen-bond acceptors (Lipinski definition) is 2. The molecule has 4 heteroatoms. The van der Waals surface area contributed by atoms with Crippen molar-refractivity contribution in [3.05, 3.63) is 29.3 Å². The third kappa shape index (κ3) is 3.63. The quantitative estimate of drug-likeness (QED) is 0.624. The maximum atomic E-state index is 12.4. The zero-order chi connectivity index (χ0) is 15.5. The molecule has 0 atom stereocenters. The average molecular weight is 288 g/mol. The summed E-state index contributed by atoms with van der Waals surface area (Å²) < 4.78 is 0. The van der Waals surface area contributed by atoms with Crippen molar-refractivity contribution >= 4 is 17.5 Å². The first-order valence-electron chi connectivity index (χ1n) is 7.66. The van der Waals surface area contributed by atoms with Gasteiger partial charge in [0.15, 0.2) is 0 Å². The average Bonchev–Trinajstić information content (AvgIpc) is 3.19. The van der Waals surface area contributed by atoms with Crippen molar-refractivity contribution < 1.29 is 9.59 Å². The molecule has 1 fully saturated rings. The molecule has 0 aromatic heterocycles. The minimum absolute atomic E-state index is 0.127. The lowest BCUT2D eigenvalue weighted by Crippen LogP contribution is -2.40. The number of nitrogens with one attached hydrogen (secondary N) is 2. The van der Waals surface area contributed by atoms with Gasteiger partial charge in [-0.1, -0.05) is 19.4 Å². The van der Waals surface area contributed by atoms with E-state index in [9.17, 15) is 9.59 Å². The third-order valence-electron chi connectivity index (χ3n) is 3.91. The molecule has 4 nitrogen and oxygen atoms in total. The second-order valence-electron chi connectivity index (χ2n) is 6.02. The van der Waals surface area contributed by atoms with Crippen LogP contribution in [-0.4, -0.2) is 18.4 Å². The number of anilines is 1. The van der Waals surface area contributed by atoms with E-state index in [0.717, 1.165) is 29.7 Å². The van der Waals surface area contributed by atoms with Gasteiger partial charge in [0, 0.05) is 12.2 Å². The highest BCUT2D eigenvalue weighted by Gasteiger charge is 2.56. The third-order valence-corrected chi connectivity index (χ3v) is 3.91. The molecule has 1 aromatic carbocycles. The molecular formula is C17H24N2O2. The number of carbonyl (C=O) groups excluding carboxylic acids is 2. The number of hydrogen-bond donors (Lipinski definition) is 2. The minimum Gasteiger partial charge on any atom is -0.355 e. The molecule has 0 heterocycles. The van der Waals surface area contributed by atoms with E-state index in [-0.39, 0.29) is 11.8 Å². The first kappa shape index (κ1) is 15.5. The first-order chi connectivity index (χ1) is 9.98. The van der Waals surface area contributed by atoms with Crippen LogP contribution in [0.3, 0.4) is 0 Å². The van der Waals surface area contributed by atoms with Crippen molar-refractivity contribution in [3.63, 3.8) is 0 Å². The summed E-state index contributed by atoms with van der Waals surface area (Å²) in [6.07, 6.45) is 3.26. The molecule has 21 heavy (non-hydrogen) atoms. The van der Waals surface area contributed by atoms with Crippen molar-refractivity contribution in [1.82, 2.24) is 5.32 Å². The Bertz CT molecular complexity index is 527. The maximum Gasteiger partial charge on any atom is 0.240 e. The Morgan fingerprint density at radius 3 is 2.24 bits per heavy atom.